The van der Waals surface area contributed by atoms with Crippen molar-refractivity contribution in [2.24, 2.45) is 0 Å². The monoisotopic (exact) mass is 584 g/mol. The van der Waals surface area contributed by atoms with Crippen molar-refractivity contribution in [1.29, 1.82) is 0 Å². The van der Waals surface area contributed by atoms with Crippen molar-refractivity contribution >= 4 is 29.3 Å². The Kier molecular flexibility index (Phi) is 10.2. The van der Waals surface area contributed by atoms with E-state index in [0.717, 1.165) is 28.1 Å². The average molecular weight is 585 g/mol. The fraction of sp³-hybridized carbons (Fsp3) is 0.273. The molecule has 42 heavy (non-hydrogen) atoms. The topological polar surface area (TPSA) is 93.7 Å². The molecule has 0 aliphatic rings. The maximum atomic E-state index is 14.2. The number of aromatic nitrogens is 2. The third-order valence-electron chi connectivity index (χ3n) is 6.83. The van der Waals surface area contributed by atoms with Crippen molar-refractivity contribution in [3.05, 3.63) is 106 Å². The minimum absolute atomic E-state index is 0.0657. The second kappa shape index (κ2) is 14.0. The van der Waals surface area contributed by atoms with Gasteiger partial charge in [0.1, 0.15) is 17.5 Å². The number of aryl methyl sites for hydroxylation is 4. The molecule has 1 atom stereocenters. The molecule has 2 amide bonds. The van der Waals surface area contributed by atoms with Crippen molar-refractivity contribution in [3.8, 4) is 11.5 Å². The quantitative estimate of drug-likeness (QED) is 0.165. The van der Waals surface area contributed by atoms with E-state index >= 15 is 0 Å². The van der Waals surface area contributed by atoms with Crippen molar-refractivity contribution in [2.75, 3.05) is 25.3 Å². The summed E-state index contributed by atoms with van der Waals surface area (Å²) in [6.45, 7) is 8.02. The molecule has 0 aliphatic carbocycles. The van der Waals surface area contributed by atoms with Crippen LogP contribution in [-0.4, -0.2) is 46.7 Å². The molecule has 0 spiro atoms. The van der Waals surface area contributed by atoms with Gasteiger partial charge in [-0.1, -0.05) is 65.9 Å². The maximum Gasteiger partial charge on any atom is 0.251 e. The van der Waals surface area contributed by atoms with Crippen LogP contribution in [0.2, 0.25) is 0 Å². The highest BCUT2D eigenvalue weighted by Gasteiger charge is 2.32. The lowest BCUT2D eigenvalue weighted by molar-refractivity contribution is -0.137. The largest absolute Gasteiger partial charge is 0.497 e. The summed E-state index contributed by atoms with van der Waals surface area (Å²) >= 11 is 1.26. The number of carbonyl (C=O) groups excluding carboxylic acids is 2. The predicted octanol–water partition coefficient (Wildman–Crippen LogP) is 6.23. The van der Waals surface area contributed by atoms with Crippen LogP contribution >= 0.6 is 11.8 Å². The van der Waals surface area contributed by atoms with Gasteiger partial charge in [0.05, 0.1) is 25.7 Å². The number of methoxy groups -OCH3 is 2. The van der Waals surface area contributed by atoms with E-state index in [1.54, 1.807) is 30.2 Å². The number of nitrogens with one attached hydrogen (secondary N) is 1. The summed E-state index contributed by atoms with van der Waals surface area (Å²) in [5, 5.41) is 3.53. The van der Waals surface area contributed by atoms with Crippen LogP contribution in [0.1, 0.15) is 39.7 Å². The Balaban J connectivity index is 1.74. The molecule has 4 rings (SSSR count). The molecule has 1 N–H and O–H groups in total. The Morgan fingerprint density at radius 3 is 2.21 bits per heavy atom. The van der Waals surface area contributed by atoms with E-state index in [0.29, 0.717) is 27.9 Å². The average Bonchev–Trinajstić information content (AvgIpc) is 2.97. The van der Waals surface area contributed by atoms with Gasteiger partial charge in [0.25, 0.3) is 5.91 Å². The second-order valence-electron chi connectivity index (χ2n) is 10.0. The number of anilines is 1. The highest BCUT2D eigenvalue weighted by molar-refractivity contribution is 7.99. The number of hydrogen-bond acceptors (Lipinski definition) is 7. The molecule has 0 fully saturated rings. The number of amides is 2. The number of rotatable bonds is 11. The molecule has 0 radical (unpaired) electrons. The fourth-order valence-corrected chi connectivity index (χ4v) is 5.42. The number of ether oxygens (including phenoxy) is 2. The summed E-state index contributed by atoms with van der Waals surface area (Å²) in [6.07, 6.45) is 0. The lowest BCUT2D eigenvalue weighted by atomic mass is 10.0. The van der Waals surface area contributed by atoms with Gasteiger partial charge in [-0.05, 0) is 62.6 Å². The fourth-order valence-electron chi connectivity index (χ4n) is 4.59. The van der Waals surface area contributed by atoms with Crippen molar-refractivity contribution < 1.29 is 19.1 Å². The van der Waals surface area contributed by atoms with E-state index in [4.69, 9.17) is 9.47 Å². The molecule has 1 heterocycles. The SMILES string of the molecule is COc1ccc(NC(=O)C(c2ccc(C)cc2)N(Cc2ccccc2C)C(=O)CSc2nc(C)cc(C)n2)c(OC)c1. The van der Waals surface area contributed by atoms with E-state index in [-0.39, 0.29) is 24.1 Å². The molecular formula is C33H36N4O4S. The van der Waals surface area contributed by atoms with Crippen LogP contribution in [-0.2, 0) is 16.1 Å². The molecule has 1 aromatic heterocycles. The molecule has 0 bridgehead atoms. The molecule has 8 nitrogen and oxygen atoms in total. The van der Waals surface area contributed by atoms with Crippen molar-refractivity contribution in [2.45, 2.75) is 45.4 Å². The lowest BCUT2D eigenvalue weighted by Gasteiger charge is -2.32. The zero-order valence-corrected chi connectivity index (χ0v) is 25.6. The molecule has 0 aliphatic heterocycles. The zero-order chi connectivity index (χ0) is 30.2. The van der Waals surface area contributed by atoms with Gasteiger partial charge in [-0.25, -0.2) is 9.97 Å². The Hall–Kier alpha value is -4.37. The molecule has 0 saturated carbocycles. The van der Waals surface area contributed by atoms with Gasteiger partial charge < -0.3 is 19.7 Å². The summed E-state index contributed by atoms with van der Waals surface area (Å²) < 4.78 is 10.8. The van der Waals surface area contributed by atoms with Crippen molar-refractivity contribution in [3.63, 3.8) is 0 Å². The van der Waals surface area contributed by atoms with Gasteiger partial charge in [-0.2, -0.15) is 0 Å². The number of carbonyl (C=O) groups is 2. The first-order valence-electron chi connectivity index (χ1n) is 13.6. The van der Waals surface area contributed by atoms with E-state index < -0.39 is 6.04 Å². The van der Waals surface area contributed by atoms with Crippen LogP contribution < -0.4 is 14.8 Å². The maximum absolute atomic E-state index is 14.2. The molecule has 0 saturated heterocycles. The van der Waals surface area contributed by atoms with Crippen LogP contribution in [0.3, 0.4) is 0 Å². The first-order valence-corrected chi connectivity index (χ1v) is 14.6. The predicted molar refractivity (Wildman–Crippen MR) is 166 cm³/mol. The molecule has 3 aromatic carbocycles. The Labute approximate surface area is 251 Å². The highest BCUT2D eigenvalue weighted by atomic mass is 32.2. The minimum atomic E-state index is -0.926. The van der Waals surface area contributed by atoms with Crippen LogP contribution in [0.15, 0.2) is 78.0 Å². The minimum Gasteiger partial charge on any atom is -0.497 e. The van der Waals surface area contributed by atoms with Gasteiger partial charge in [0.2, 0.25) is 5.91 Å². The Bertz CT molecular complexity index is 1540. The first kappa shape index (κ1) is 30.6. The number of thioether (sulfide) groups is 1. The summed E-state index contributed by atoms with van der Waals surface area (Å²) in [6, 6.07) is 21.7. The van der Waals surface area contributed by atoms with E-state index in [1.807, 2.05) is 82.3 Å². The summed E-state index contributed by atoms with van der Waals surface area (Å²) in [7, 11) is 3.10. The van der Waals surface area contributed by atoms with E-state index in [1.165, 1.54) is 18.9 Å². The van der Waals surface area contributed by atoms with Crippen LogP contribution in [0.5, 0.6) is 11.5 Å². The third-order valence-corrected chi connectivity index (χ3v) is 7.66. The summed E-state index contributed by atoms with van der Waals surface area (Å²) in [5.74, 6) is 0.535. The van der Waals surface area contributed by atoms with Gasteiger partial charge in [-0.3, -0.25) is 9.59 Å². The normalized spacial score (nSPS) is 11.5. The van der Waals surface area contributed by atoms with Crippen molar-refractivity contribution in [1.82, 2.24) is 14.9 Å². The van der Waals surface area contributed by atoms with Gasteiger partial charge >= 0.3 is 0 Å². The molecule has 4 aromatic rings. The second-order valence-corrected chi connectivity index (χ2v) is 11.0. The number of nitrogens with zero attached hydrogens (tertiary/aromatic N) is 3. The summed E-state index contributed by atoms with van der Waals surface area (Å²) in [4.78, 5) is 38.8. The first-order chi connectivity index (χ1) is 20.2. The lowest BCUT2D eigenvalue weighted by Crippen LogP contribution is -2.42. The van der Waals surface area contributed by atoms with Gasteiger partial charge in [0, 0.05) is 24.0 Å². The molecule has 218 valence electrons. The zero-order valence-electron chi connectivity index (χ0n) is 24.8. The van der Waals surface area contributed by atoms with Gasteiger partial charge in [-0.15, -0.1) is 0 Å². The molecular weight excluding hydrogens is 548 g/mol. The van der Waals surface area contributed by atoms with Crippen LogP contribution in [0, 0.1) is 27.7 Å². The summed E-state index contributed by atoms with van der Waals surface area (Å²) in [5.41, 5.74) is 5.86. The smallest absolute Gasteiger partial charge is 0.251 e. The number of hydrogen-bond donors (Lipinski definition) is 1. The van der Waals surface area contributed by atoms with Crippen LogP contribution in [0.4, 0.5) is 5.69 Å². The Morgan fingerprint density at radius 1 is 0.881 bits per heavy atom. The third kappa shape index (κ3) is 7.67. The molecule has 1 unspecified atom stereocenters. The van der Waals surface area contributed by atoms with E-state index in [9.17, 15) is 9.59 Å². The van der Waals surface area contributed by atoms with Crippen LogP contribution in [0.25, 0.3) is 0 Å². The highest BCUT2D eigenvalue weighted by Crippen LogP contribution is 2.32. The standard InChI is InChI=1S/C33H36N4O4S/c1-21-11-13-25(14-12-21)31(32(39)36-28-16-15-27(40-5)18-29(28)41-6)37(19-26-10-8-7-9-22(26)2)30(38)20-42-33-34-23(3)17-24(4)35-33/h7-18,31H,19-20H2,1-6H3,(H,36,39). The van der Waals surface area contributed by atoms with E-state index in [2.05, 4.69) is 15.3 Å². The number of benzene rings is 3. The van der Waals surface area contributed by atoms with Gasteiger partial charge in [0.15, 0.2) is 5.16 Å². The molecule has 9 heteroatoms. The Morgan fingerprint density at radius 2 is 1.57 bits per heavy atom.